The van der Waals surface area contributed by atoms with Gasteiger partial charge in [-0.25, -0.2) is 4.98 Å². The molecule has 3 rings (SSSR count). The molecule has 1 aliphatic heterocycles. The molecule has 1 unspecified atom stereocenters. The smallest absolute Gasteiger partial charge is 0.259 e. The molecule has 1 aromatic heterocycles. The van der Waals surface area contributed by atoms with Crippen LogP contribution in [0.1, 0.15) is 23.2 Å². The summed E-state index contributed by atoms with van der Waals surface area (Å²) in [7, 11) is 1.54. The van der Waals surface area contributed by atoms with E-state index in [1.807, 2.05) is 18.2 Å². The maximum Gasteiger partial charge on any atom is 0.259 e. The standard InChI is InChI=1S/C18H21N3O3/c1-23-16-7-3-2-6-15(16)18(22)21-13-8-9-17(19-11-13)20-12-14-5-4-10-24-14/h2-3,6-9,11,14H,4-5,10,12H2,1H3,(H,19,20)(H,21,22). The lowest BCUT2D eigenvalue weighted by Gasteiger charge is -2.12. The van der Waals surface area contributed by atoms with E-state index in [9.17, 15) is 4.79 Å². The first kappa shape index (κ1) is 16.3. The van der Waals surface area contributed by atoms with Gasteiger partial charge in [-0.3, -0.25) is 4.79 Å². The highest BCUT2D eigenvalue weighted by molar-refractivity contribution is 6.06. The van der Waals surface area contributed by atoms with Crippen LogP contribution in [0.3, 0.4) is 0 Å². The van der Waals surface area contributed by atoms with E-state index in [0.29, 0.717) is 17.0 Å². The molecule has 1 aromatic carbocycles. The summed E-state index contributed by atoms with van der Waals surface area (Å²) in [6.07, 6.45) is 4.09. The van der Waals surface area contributed by atoms with Gasteiger partial charge < -0.3 is 20.1 Å². The van der Waals surface area contributed by atoms with E-state index in [0.717, 1.165) is 31.8 Å². The van der Waals surface area contributed by atoms with Crippen molar-refractivity contribution in [3.63, 3.8) is 0 Å². The maximum absolute atomic E-state index is 12.3. The number of para-hydroxylation sites is 1. The van der Waals surface area contributed by atoms with E-state index >= 15 is 0 Å². The number of amides is 1. The fraction of sp³-hybridized carbons (Fsp3) is 0.333. The lowest BCUT2D eigenvalue weighted by atomic mass is 10.2. The molecular formula is C18H21N3O3. The number of benzene rings is 1. The van der Waals surface area contributed by atoms with Crippen molar-refractivity contribution in [2.24, 2.45) is 0 Å². The van der Waals surface area contributed by atoms with Crippen molar-refractivity contribution in [2.45, 2.75) is 18.9 Å². The largest absolute Gasteiger partial charge is 0.496 e. The Balaban J connectivity index is 1.58. The third-order valence-corrected chi connectivity index (χ3v) is 3.91. The SMILES string of the molecule is COc1ccccc1C(=O)Nc1ccc(NCC2CCCO2)nc1. The Morgan fingerprint density at radius 2 is 2.21 bits per heavy atom. The first-order valence-corrected chi connectivity index (χ1v) is 8.02. The average Bonchev–Trinajstić information content (AvgIpc) is 3.14. The summed E-state index contributed by atoms with van der Waals surface area (Å²) in [6.45, 7) is 1.59. The minimum atomic E-state index is -0.227. The topological polar surface area (TPSA) is 72.5 Å². The van der Waals surface area contributed by atoms with Crippen LogP contribution in [-0.4, -0.2) is 37.3 Å². The van der Waals surface area contributed by atoms with Crippen LogP contribution in [0.15, 0.2) is 42.6 Å². The second-order valence-corrected chi connectivity index (χ2v) is 5.60. The second kappa shape index (κ2) is 7.79. The van der Waals surface area contributed by atoms with Gasteiger partial charge in [-0.1, -0.05) is 12.1 Å². The highest BCUT2D eigenvalue weighted by Gasteiger charge is 2.15. The highest BCUT2D eigenvalue weighted by atomic mass is 16.5. The van der Waals surface area contributed by atoms with E-state index in [4.69, 9.17) is 9.47 Å². The van der Waals surface area contributed by atoms with Crippen LogP contribution in [0.2, 0.25) is 0 Å². The van der Waals surface area contributed by atoms with E-state index in [1.54, 1.807) is 31.5 Å². The van der Waals surface area contributed by atoms with Crippen molar-refractivity contribution in [1.29, 1.82) is 0 Å². The van der Waals surface area contributed by atoms with E-state index < -0.39 is 0 Å². The molecule has 24 heavy (non-hydrogen) atoms. The molecule has 1 amide bonds. The Morgan fingerprint density at radius 3 is 2.92 bits per heavy atom. The Bertz CT molecular complexity index is 682. The number of nitrogens with zero attached hydrogens (tertiary/aromatic N) is 1. The van der Waals surface area contributed by atoms with Crippen LogP contribution in [0, 0.1) is 0 Å². The van der Waals surface area contributed by atoms with Gasteiger partial charge in [-0.2, -0.15) is 0 Å². The number of hydrogen-bond donors (Lipinski definition) is 2. The van der Waals surface area contributed by atoms with Crippen molar-refractivity contribution in [3.8, 4) is 5.75 Å². The number of carbonyl (C=O) groups is 1. The molecule has 1 fully saturated rings. The molecule has 2 aromatic rings. The number of ether oxygens (including phenoxy) is 2. The molecule has 0 spiro atoms. The van der Waals surface area contributed by atoms with Gasteiger partial charge in [0.15, 0.2) is 0 Å². The van der Waals surface area contributed by atoms with Gasteiger partial charge in [0.25, 0.3) is 5.91 Å². The highest BCUT2D eigenvalue weighted by Crippen LogP contribution is 2.19. The Kier molecular flexibility index (Phi) is 5.28. The van der Waals surface area contributed by atoms with Crippen LogP contribution in [0.25, 0.3) is 0 Å². The maximum atomic E-state index is 12.3. The zero-order valence-electron chi connectivity index (χ0n) is 13.6. The summed E-state index contributed by atoms with van der Waals surface area (Å²) in [5.74, 6) is 1.08. The number of aromatic nitrogens is 1. The van der Waals surface area contributed by atoms with E-state index in [2.05, 4.69) is 15.6 Å². The van der Waals surface area contributed by atoms with Crippen LogP contribution in [-0.2, 0) is 4.74 Å². The summed E-state index contributed by atoms with van der Waals surface area (Å²) in [4.78, 5) is 16.6. The number of hydrogen-bond acceptors (Lipinski definition) is 5. The molecule has 1 saturated heterocycles. The zero-order chi connectivity index (χ0) is 16.8. The van der Waals surface area contributed by atoms with Crippen molar-refractivity contribution in [1.82, 2.24) is 4.98 Å². The lowest BCUT2D eigenvalue weighted by molar-refractivity contribution is 0.102. The summed E-state index contributed by atoms with van der Waals surface area (Å²) < 4.78 is 10.8. The number of anilines is 2. The molecule has 0 saturated carbocycles. The Labute approximate surface area is 141 Å². The molecule has 126 valence electrons. The first-order chi connectivity index (χ1) is 11.8. The number of carbonyl (C=O) groups excluding carboxylic acids is 1. The van der Waals surface area contributed by atoms with Crippen LogP contribution >= 0.6 is 0 Å². The van der Waals surface area contributed by atoms with Crippen LogP contribution < -0.4 is 15.4 Å². The second-order valence-electron chi connectivity index (χ2n) is 5.60. The molecular weight excluding hydrogens is 306 g/mol. The molecule has 1 atom stereocenters. The van der Waals surface area contributed by atoms with Crippen molar-refractivity contribution in [2.75, 3.05) is 30.9 Å². The molecule has 6 nitrogen and oxygen atoms in total. The van der Waals surface area contributed by atoms with Gasteiger partial charge in [0.1, 0.15) is 11.6 Å². The van der Waals surface area contributed by atoms with E-state index in [1.165, 1.54) is 0 Å². The molecule has 2 N–H and O–H groups in total. The van der Waals surface area contributed by atoms with Crippen molar-refractivity contribution >= 4 is 17.4 Å². The van der Waals surface area contributed by atoms with E-state index in [-0.39, 0.29) is 12.0 Å². The summed E-state index contributed by atoms with van der Waals surface area (Å²) in [5, 5.41) is 6.07. The predicted octanol–water partition coefficient (Wildman–Crippen LogP) is 2.93. The third kappa shape index (κ3) is 4.02. The number of rotatable bonds is 6. The molecule has 0 radical (unpaired) electrons. The molecule has 2 heterocycles. The zero-order valence-corrected chi connectivity index (χ0v) is 13.6. The average molecular weight is 327 g/mol. The van der Waals surface area contributed by atoms with Gasteiger partial charge >= 0.3 is 0 Å². The molecule has 0 bridgehead atoms. The first-order valence-electron chi connectivity index (χ1n) is 8.02. The Morgan fingerprint density at radius 1 is 1.33 bits per heavy atom. The summed E-state index contributed by atoms with van der Waals surface area (Å²) in [5.41, 5.74) is 1.12. The number of methoxy groups -OCH3 is 1. The molecule has 6 heteroatoms. The van der Waals surface area contributed by atoms with Crippen molar-refractivity contribution in [3.05, 3.63) is 48.2 Å². The number of nitrogens with one attached hydrogen (secondary N) is 2. The quantitative estimate of drug-likeness (QED) is 0.853. The van der Waals surface area contributed by atoms with Gasteiger partial charge in [0, 0.05) is 13.2 Å². The fourth-order valence-electron chi connectivity index (χ4n) is 2.63. The summed E-state index contributed by atoms with van der Waals surface area (Å²) in [6, 6.07) is 10.8. The van der Waals surface area contributed by atoms with Gasteiger partial charge in [0.2, 0.25) is 0 Å². The summed E-state index contributed by atoms with van der Waals surface area (Å²) >= 11 is 0. The fourth-order valence-corrected chi connectivity index (χ4v) is 2.63. The monoisotopic (exact) mass is 327 g/mol. The Hall–Kier alpha value is -2.60. The molecule has 1 aliphatic rings. The van der Waals surface area contributed by atoms with Crippen LogP contribution in [0.4, 0.5) is 11.5 Å². The molecule has 0 aliphatic carbocycles. The number of pyridine rings is 1. The third-order valence-electron chi connectivity index (χ3n) is 3.91. The van der Waals surface area contributed by atoms with Gasteiger partial charge in [-0.05, 0) is 37.1 Å². The van der Waals surface area contributed by atoms with Gasteiger partial charge in [-0.15, -0.1) is 0 Å². The van der Waals surface area contributed by atoms with Crippen molar-refractivity contribution < 1.29 is 14.3 Å². The predicted molar refractivity (Wildman–Crippen MR) is 92.6 cm³/mol. The van der Waals surface area contributed by atoms with Crippen LogP contribution in [0.5, 0.6) is 5.75 Å². The van der Waals surface area contributed by atoms with Gasteiger partial charge in [0.05, 0.1) is 30.7 Å². The minimum Gasteiger partial charge on any atom is -0.496 e. The minimum absolute atomic E-state index is 0.227. The normalized spacial score (nSPS) is 16.6. The lowest BCUT2D eigenvalue weighted by Crippen LogP contribution is -2.19.